The fraction of sp³-hybridized carbons (Fsp3) is 0.214. The molecule has 5 nitrogen and oxygen atoms in total. The molecular weight excluding hydrogens is 244 g/mol. The van der Waals surface area contributed by atoms with Gasteiger partial charge in [0.25, 0.3) is 0 Å². The van der Waals surface area contributed by atoms with Gasteiger partial charge in [-0.2, -0.15) is 5.26 Å². The van der Waals surface area contributed by atoms with Gasteiger partial charge in [-0.1, -0.05) is 19.1 Å². The highest BCUT2D eigenvalue weighted by Gasteiger charge is 2.15. The van der Waals surface area contributed by atoms with Gasteiger partial charge in [-0.25, -0.2) is 4.79 Å². The van der Waals surface area contributed by atoms with E-state index in [4.69, 9.17) is 10.4 Å². The highest BCUT2D eigenvalue weighted by molar-refractivity contribution is 5.94. The number of carbonyl (C=O) groups excluding carboxylic acids is 1. The zero-order valence-electron chi connectivity index (χ0n) is 10.5. The van der Waals surface area contributed by atoms with Crippen molar-refractivity contribution in [1.82, 2.24) is 5.32 Å². The van der Waals surface area contributed by atoms with Crippen LogP contribution in [-0.2, 0) is 9.59 Å². The largest absolute Gasteiger partial charge is 0.480 e. The van der Waals surface area contributed by atoms with Crippen LogP contribution in [0.2, 0.25) is 0 Å². The van der Waals surface area contributed by atoms with Crippen LogP contribution in [0.4, 0.5) is 0 Å². The second-order valence-electron chi connectivity index (χ2n) is 3.87. The van der Waals surface area contributed by atoms with Crippen molar-refractivity contribution in [2.24, 2.45) is 0 Å². The molecule has 1 amide bonds. The highest BCUT2D eigenvalue weighted by atomic mass is 16.4. The number of nitrogens with one attached hydrogen (secondary N) is 1. The summed E-state index contributed by atoms with van der Waals surface area (Å²) >= 11 is 0. The summed E-state index contributed by atoms with van der Waals surface area (Å²) in [5.41, 5.74) is 1.30. The van der Waals surface area contributed by atoms with Gasteiger partial charge in [0.15, 0.2) is 0 Å². The number of rotatable bonds is 5. The molecule has 5 heteroatoms. The van der Waals surface area contributed by atoms with E-state index in [0.29, 0.717) is 12.0 Å². The molecule has 0 saturated carbocycles. The summed E-state index contributed by atoms with van der Waals surface area (Å²) in [6, 6.07) is 7.82. The van der Waals surface area contributed by atoms with Gasteiger partial charge in [0.2, 0.25) is 5.91 Å². The van der Waals surface area contributed by atoms with Crippen molar-refractivity contribution in [2.45, 2.75) is 19.4 Å². The van der Waals surface area contributed by atoms with Gasteiger partial charge in [-0.15, -0.1) is 0 Å². The van der Waals surface area contributed by atoms with Gasteiger partial charge >= 0.3 is 5.97 Å². The Labute approximate surface area is 111 Å². The summed E-state index contributed by atoms with van der Waals surface area (Å²) in [5.74, 6) is -1.51. The van der Waals surface area contributed by atoms with Crippen LogP contribution in [-0.4, -0.2) is 23.0 Å². The molecule has 0 aliphatic heterocycles. The Balaban J connectivity index is 2.63. The van der Waals surface area contributed by atoms with Crippen LogP contribution >= 0.6 is 0 Å². The molecule has 0 unspecified atom stereocenters. The van der Waals surface area contributed by atoms with E-state index in [9.17, 15) is 9.59 Å². The van der Waals surface area contributed by atoms with Crippen LogP contribution in [0.5, 0.6) is 0 Å². The molecule has 0 saturated heterocycles. The number of nitrogens with zero attached hydrogens (tertiary/aromatic N) is 1. The van der Waals surface area contributed by atoms with Crippen LogP contribution in [0.1, 0.15) is 24.5 Å². The highest BCUT2D eigenvalue weighted by Crippen LogP contribution is 2.05. The topological polar surface area (TPSA) is 90.2 Å². The Morgan fingerprint density at radius 3 is 2.53 bits per heavy atom. The van der Waals surface area contributed by atoms with Crippen LogP contribution in [0.15, 0.2) is 30.3 Å². The van der Waals surface area contributed by atoms with Gasteiger partial charge in [0, 0.05) is 6.08 Å². The maximum absolute atomic E-state index is 11.5. The molecule has 0 fully saturated rings. The minimum atomic E-state index is -1.05. The Morgan fingerprint density at radius 1 is 1.42 bits per heavy atom. The third kappa shape index (κ3) is 4.64. The molecule has 1 aromatic carbocycles. The summed E-state index contributed by atoms with van der Waals surface area (Å²) in [5, 5.41) is 19.8. The zero-order chi connectivity index (χ0) is 14.3. The zero-order valence-corrected chi connectivity index (χ0v) is 10.5. The molecule has 0 bridgehead atoms. The normalized spacial score (nSPS) is 11.8. The third-order valence-corrected chi connectivity index (χ3v) is 2.49. The van der Waals surface area contributed by atoms with E-state index < -0.39 is 17.9 Å². The summed E-state index contributed by atoms with van der Waals surface area (Å²) in [6.07, 6.45) is 3.16. The molecular formula is C14H14N2O3. The second-order valence-corrected chi connectivity index (χ2v) is 3.87. The van der Waals surface area contributed by atoms with Crippen molar-refractivity contribution >= 4 is 18.0 Å². The Bertz CT molecular complexity index is 527. The molecule has 2 N–H and O–H groups in total. The number of benzene rings is 1. The molecule has 19 heavy (non-hydrogen) atoms. The summed E-state index contributed by atoms with van der Waals surface area (Å²) in [6.45, 7) is 1.68. The van der Waals surface area contributed by atoms with Gasteiger partial charge < -0.3 is 10.4 Å². The van der Waals surface area contributed by atoms with Crippen molar-refractivity contribution in [3.05, 3.63) is 41.5 Å². The number of aliphatic carboxylic acids is 1. The number of hydrogen-bond donors (Lipinski definition) is 2. The average Bonchev–Trinajstić information content (AvgIpc) is 2.42. The van der Waals surface area contributed by atoms with Crippen LogP contribution in [0.3, 0.4) is 0 Å². The van der Waals surface area contributed by atoms with E-state index in [1.807, 2.05) is 6.07 Å². The van der Waals surface area contributed by atoms with Gasteiger partial charge in [0.05, 0.1) is 11.6 Å². The average molecular weight is 258 g/mol. The number of carboxylic acid groups (broad SMARTS) is 1. The monoisotopic (exact) mass is 258 g/mol. The molecule has 0 heterocycles. The lowest BCUT2D eigenvalue weighted by molar-refractivity contribution is -0.141. The standard InChI is InChI=1S/C14H14N2O3/c1-2-12(14(18)19)16-13(17)8-7-10-3-5-11(9-15)6-4-10/h3-8,12H,2H2,1H3,(H,16,17)(H,18,19)/b8-7+/t12-/m0/s1. The van der Waals surface area contributed by atoms with E-state index in [-0.39, 0.29) is 0 Å². The molecule has 0 aliphatic rings. The van der Waals surface area contributed by atoms with Crippen LogP contribution in [0.25, 0.3) is 6.08 Å². The second kappa shape index (κ2) is 6.97. The number of carbonyl (C=O) groups is 2. The lowest BCUT2D eigenvalue weighted by atomic mass is 10.1. The predicted molar refractivity (Wildman–Crippen MR) is 70.0 cm³/mol. The molecule has 1 rings (SSSR count). The molecule has 0 radical (unpaired) electrons. The SMILES string of the molecule is CC[C@H](NC(=O)/C=C/c1ccc(C#N)cc1)C(=O)O. The van der Waals surface area contributed by atoms with Crippen molar-refractivity contribution in [3.63, 3.8) is 0 Å². The van der Waals surface area contributed by atoms with Gasteiger partial charge in [0.1, 0.15) is 6.04 Å². The minimum absolute atomic E-state index is 0.325. The first-order valence-electron chi connectivity index (χ1n) is 5.78. The first-order valence-corrected chi connectivity index (χ1v) is 5.78. The van der Waals surface area contributed by atoms with Gasteiger partial charge in [-0.3, -0.25) is 4.79 Å². The lowest BCUT2D eigenvalue weighted by Gasteiger charge is -2.09. The summed E-state index contributed by atoms with van der Waals surface area (Å²) in [7, 11) is 0. The Morgan fingerprint density at radius 2 is 2.05 bits per heavy atom. The Kier molecular flexibility index (Phi) is 5.30. The summed E-state index contributed by atoms with van der Waals surface area (Å²) in [4.78, 5) is 22.2. The number of amides is 1. The first-order chi connectivity index (χ1) is 9.06. The van der Waals surface area contributed by atoms with Crippen LogP contribution < -0.4 is 5.32 Å². The molecule has 1 atom stereocenters. The minimum Gasteiger partial charge on any atom is -0.480 e. The smallest absolute Gasteiger partial charge is 0.326 e. The van der Waals surface area contributed by atoms with Crippen molar-refractivity contribution in [3.8, 4) is 6.07 Å². The fourth-order valence-electron chi connectivity index (χ4n) is 1.40. The molecule has 1 aromatic rings. The molecule has 0 aliphatic carbocycles. The number of hydrogen-bond acceptors (Lipinski definition) is 3. The fourth-order valence-corrected chi connectivity index (χ4v) is 1.40. The third-order valence-electron chi connectivity index (χ3n) is 2.49. The number of nitriles is 1. The van der Waals surface area contributed by atoms with Crippen LogP contribution in [0, 0.1) is 11.3 Å². The molecule has 0 spiro atoms. The molecule has 98 valence electrons. The molecule has 0 aromatic heterocycles. The van der Waals surface area contributed by atoms with E-state index >= 15 is 0 Å². The lowest BCUT2D eigenvalue weighted by Crippen LogP contribution is -2.39. The first kappa shape index (κ1) is 14.5. The van der Waals surface area contributed by atoms with Crippen molar-refractivity contribution in [2.75, 3.05) is 0 Å². The van der Waals surface area contributed by atoms with Crippen molar-refractivity contribution in [1.29, 1.82) is 5.26 Å². The van der Waals surface area contributed by atoms with Gasteiger partial charge in [-0.05, 0) is 30.2 Å². The maximum Gasteiger partial charge on any atom is 0.326 e. The predicted octanol–water partition coefficient (Wildman–Crippen LogP) is 1.55. The van der Waals surface area contributed by atoms with E-state index in [1.54, 1.807) is 37.3 Å². The quantitative estimate of drug-likeness (QED) is 0.784. The van der Waals surface area contributed by atoms with Crippen molar-refractivity contribution < 1.29 is 14.7 Å². The van der Waals surface area contributed by atoms with E-state index in [1.165, 1.54) is 6.08 Å². The Hall–Kier alpha value is -2.61. The number of carboxylic acids is 1. The maximum atomic E-state index is 11.5. The van der Waals surface area contributed by atoms with E-state index in [0.717, 1.165) is 5.56 Å². The van der Waals surface area contributed by atoms with E-state index in [2.05, 4.69) is 5.32 Å². The summed E-state index contributed by atoms with van der Waals surface area (Å²) < 4.78 is 0.